The smallest absolute Gasteiger partial charge is 0.330 e. The fourth-order valence-electron chi connectivity index (χ4n) is 1.67. The number of rotatable bonds is 1. The van der Waals surface area contributed by atoms with Crippen molar-refractivity contribution in [1.82, 2.24) is 0 Å². The third-order valence-corrected chi connectivity index (χ3v) is 3.77. The molecule has 1 fully saturated rings. The van der Waals surface area contributed by atoms with Crippen molar-refractivity contribution in [3.05, 3.63) is 12.2 Å². The largest absolute Gasteiger partial charge is 0.453 e. The van der Waals surface area contributed by atoms with E-state index in [1.54, 1.807) is 6.08 Å². The first kappa shape index (κ1) is 11.3. The Balaban J connectivity index is 2.18. The van der Waals surface area contributed by atoms with Gasteiger partial charge in [0.05, 0.1) is 3.92 Å². The molecule has 0 aromatic rings. The van der Waals surface area contributed by atoms with Crippen molar-refractivity contribution in [3.8, 4) is 0 Å². The summed E-state index contributed by atoms with van der Waals surface area (Å²) in [4.78, 5) is 11.0. The van der Waals surface area contributed by atoms with E-state index >= 15 is 0 Å². The number of carbonyl (C=O) groups is 1. The van der Waals surface area contributed by atoms with E-state index in [9.17, 15) is 9.90 Å². The number of esters is 1. The zero-order chi connectivity index (χ0) is 11.0. The lowest BCUT2D eigenvalue weighted by atomic mass is 9.99. The maximum atomic E-state index is 11.0. The van der Waals surface area contributed by atoms with Crippen molar-refractivity contribution in [1.29, 1.82) is 0 Å². The molecule has 2 aliphatic heterocycles. The molecule has 2 aliphatic rings. The number of hydrogen-bond acceptors (Lipinski definition) is 5. The van der Waals surface area contributed by atoms with Crippen LogP contribution in [0.5, 0.6) is 0 Å². The zero-order valence-electron chi connectivity index (χ0n) is 8.00. The lowest BCUT2D eigenvalue weighted by molar-refractivity contribution is -0.232. The fraction of sp³-hybridized carbons (Fsp3) is 0.667. The molecule has 0 unspecified atom stereocenters. The molecule has 0 saturated carbocycles. The molecular weight excluding hydrogens is 315 g/mol. The Morgan fingerprint density at radius 1 is 1.60 bits per heavy atom. The molecule has 0 amide bonds. The van der Waals surface area contributed by atoms with Crippen molar-refractivity contribution in [3.63, 3.8) is 0 Å². The van der Waals surface area contributed by atoms with Gasteiger partial charge in [0, 0.05) is 13.2 Å². The first-order valence-electron chi connectivity index (χ1n) is 4.52. The number of fused-ring (bicyclic) bond motifs is 1. The minimum absolute atomic E-state index is 0.256. The molecule has 0 aliphatic carbocycles. The van der Waals surface area contributed by atoms with E-state index in [2.05, 4.69) is 0 Å². The molecule has 1 N–H and O–H groups in total. The molecular formula is C9H11IO5. The van der Waals surface area contributed by atoms with Gasteiger partial charge in [-0.2, -0.15) is 0 Å². The SMILES string of the molecule is CO[C@@H]1O[C@H]2C=CC(=O)O[C@H]2[C@H](O)[C@H]1I. The summed E-state index contributed by atoms with van der Waals surface area (Å²) < 4.78 is 15.4. The van der Waals surface area contributed by atoms with Crippen LogP contribution >= 0.6 is 22.6 Å². The minimum Gasteiger partial charge on any atom is -0.453 e. The number of hydrogen-bond donors (Lipinski definition) is 1. The van der Waals surface area contributed by atoms with Crippen LogP contribution in [0.15, 0.2) is 12.2 Å². The Kier molecular flexibility index (Phi) is 3.29. The number of methoxy groups -OCH3 is 1. The van der Waals surface area contributed by atoms with Gasteiger partial charge in [0.25, 0.3) is 0 Å². The summed E-state index contributed by atoms with van der Waals surface area (Å²) in [5, 5.41) is 9.91. The third kappa shape index (κ3) is 2.03. The highest BCUT2D eigenvalue weighted by atomic mass is 127. The molecule has 0 aromatic heterocycles. The summed E-state index contributed by atoms with van der Waals surface area (Å²) in [5.74, 6) is -0.446. The molecule has 6 heteroatoms. The summed E-state index contributed by atoms with van der Waals surface area (Å²) >= 11 is 2.03. The topological polar surface area (TPSA) is 65.0 Å². The van der Waals surface area contributed by atoms with Crippen LogP contribution in [0.2, 0.25) is 0 Å². The van der Waals surface area contributed by atoms with E-state index < -0.39 is 30.6 Å². The van der Waals surface area contributed by atoms with E-state index in [0.29, 0.717) is 0 Å². The number of aliphatic hydroxyl groups excluding tert-OH is 1. The summed E-state index contributed by atoms with van der Waals surface area (Å²) in [6.07, 6.45) is 0.582. The number of halogens is 1. The summed E-state index contributed by atoms with van der Waals surface area (Å²) in [7, 11) is 1.52. The highest BCUT2D eigenvalue weighted by Crippen LogP contribution is 2.31. The Labute approximate surface area is 101 Å². The maximum absolute atomic E-state index is 11.0. The van der Waals surface area contributed by atoms with Gasteiger partial charge in [0.1, 0.15) is 12.2 Å². The molecule has 0 spiro atoms. The highest BCUT2D eigenvalue weighted by Gasteiger charge is 2.46. The van der Waals surface area contributed by atoms with Gasteiger partial charge in [0.2, 0.25) is 0 Å². The van der Waals surface area contributed by atoms with Gasteiger partial charge >= 0.3 is 5.97 Å². The number of alkyl halides is 1. The van der Waals surface area contributed by atoms with E-state index in [1.165, 1.54) is 13.2 Å². The molecule has 2 rings (SSSR count). The van der Waals surface area contributed by atoms with E-state index in [4.69, 9.17) is 14.2 Å². The lowest BCUT2D eigenvalue weighted by Crippen LogP contribution is -2.57. The summed E-state index contributed by atoms with van der Waals surface area (Å²) in [6.45, 7) is 0. The molecule has 84 valence electrons. The quantitative estimate of drug-likeness (QED) is 0.418. The molecule has 15 heavy (non-hydrogen) atoms. The molecule has 5 atom stereocenters. The summed E-state index contributed by atoms with van der Waals surface area (Å²) in [5.41, 5.74) is 0. The molecule has 0 aromatic carbocycles. The average molecular weight is 326 g/mol. The van der Waals surface area contributed by atoms with Gasteiger partial charge in [-0.05, 0) is 6.08 Å². The second-order valence-electron chi connectivity index (χ2n) is 3.40. The highest BCUT2D eigenvalue weighted by molar-refractivity contribution is 14.1. The normalized spacial score (nSPS) is 44.7. The molecule has 0 bridgehead atoms. The zero-order valence-corrected chi connectivity index (χ0v) is 10.2. The van der Waals surface area contributed by atoms with Gasteiger partial charge in [-0.3, -0.25) is 0 Å². The van der Waals surface area contributed by atoms with Crippen molar-refractivity contribution in [2.24, 2.45) is 0 Å². The minimum atomic E-state index is -0.775. The monoisotopic (exact) mass is 326 g/mol. The second-order valence-corrected chi connectivity index (χ2v) is 4.84. The van der Waals surface area contributed by atoms with Gasteiger partial charge in [-0.25, -0.2) is 4.79 Å². The molecule has 1 saturated heterocycles. The van der Waals surface area contributed by atoms with Crippen LogP contribution in [0.25, 0.3) is 0 Å². The third-order valence-electron chi connectivity index (χ3n) is 2.44. The van der Waals surface area contributed by atoms with Crippen LogP contribution in [-0.2, 0) is 19.0 Å². The van der Waals surface area contributed by atoms with E-state index in [-0.39, 0.29) is 3.92 Å². The van der Waals surface area contributed by atoms with Crippen molar-refractivity contribution >= 4 is 28.6 Å². The Bertz CT molecular complexity index is 292. The van der Waals surface area contributed by atoms with Crippen LogP contribution in [0.4, 0.5) is 0 Å². The van der Waals surface area contributed by atoms with Crippen LogP contribution in [0.1, 0.15) is 0 Å². The number of carbonyl (C=O) groups excluding carboxylic acids is 1. The number of aliphatic hydroxyl groups is 1. The van der Waals surface area contributed by atoms with Crippen LogP contribution in [-0.4, -0.2) is 46.7 Å². The van der Waals surface area contributed by atoms with E-state index in [1.807, 2.05) is 22.6 Å². The van der Waals surface area contributed by atoms with Crippen molar-refractivity contribution in [2.75, 3.05) is 7.11 Å². The predicted molar refractivity (Wildman–Crippen MR) is 58.5 cm³/mol. The van der Waals surface area contributed by atoms with Crippen LogP contribution in [0.3, 0.4) is 0 Å². The molecule has 2 heterocycles. The lowest BCUT2D eigenvalue weighted by Gasteiger charge is -2.41. The van der Waals surface area contributed by atoms with Crippen molar-refractivity contribution in [2.45, 2.75) is 28.5 Å². The van der Waals surface area contributed by atoms with Crippen LogP contribution < -0.4 is 0 Å². The second kappa shape index (κ2) is 4.36. The standard InChI is InChI=1S/C9H11IO5/c1-13-9-6(10)7(12)8-4(14-9)2-3-5(11)15-8/h2-4,6-9,12H,1H3/t4-,6+,7+,8+,9+/m0/s1. The van der Waals surface area contributed by atoms with Crippen molar-refractivity contribution < 1.29 is 24.1 Å². The predicted octanol–water partition coefficient (Wildman–Crippen LogP) is 0.00380. The van der Waals surface area contributed by atoms with Gasteiger partial charge < -0.3 is 19.3 Å². The average Bonchev–Trinajstić information content (AvgIpc) is 2.24. The van der Waals surface area contributed by atoms with Gasteiger partial charge in [-0.15, -0.1) is 0 Å². The Morgan fingerprint density at radius 2 is 2.33 bits per heavy atom. The number of ether oxygens (including phenoxy) is 3. The van der Waals surface area contributed by atoms with E-state index in [0.717, 1.165) is 0 Å². The first-order valence-corrected chi connectivity index (χ1v) is 5.77. The fourth-order valence-corrected chi connectivity index (χ4v) is 2.54. The van der Waals surface area contributed by atoms with Gasteiger partial charge in [0.15, 0.2) is 12.4 Å². The van der Waals surface area contributed by atoms with Crippen LogP contribution in [0, 0.1) is 0 Å². The molecule has 5 nitrogen and oxygen atoms in total. The maximum Gasteiger partial charge on any atom is 0.330 e. The van der Waals surface area contributed by atoms with Gasteiger partial charge in [-0.1, -0.05) is 22.6 Å². The Morgan fingerprint density at radius 3 is 3.00 bits per heavy atom. The molecule has 0 radical (unpaired) electrons. The summed E-state index contributed by atoms with van der Waals surface area (Å²) in [6, 6.07) is 0. The first-order chi connectivity index (χ1) is 7.13. The Hall–Kier alpha value is -0.180.